The quantitative estimate of drug-likeness (QED) is 0.852. The number of rotatable bonds is 2. The highest BCUT2D eigenvalue weighted by atomic mass is 16.5. The minimum Gasteiger partial charge on any atom is -0.394 e. The smallest absolute Gasteiger partial charge is 0.137 e. The predicted molar refractivity (Wildman–Crippen MR) is 67.6 cm³/mol. The van der Waals surface area contributed by atoms with E-state index in [9.17, 15) is 5.11 Å². The Morgan fingerprint density at radius 1 is 1.29 bits per heavy atom. The highest BCUT2D eigenvalue weighted by Crippen LogP contribution is 2.35. The van der Waals surface area contributed by atoms with Gasteiger partial charge in [0.25, 0.3) is 0 Å². The molecule has 1 aliphatic heterocycles. The fraction of sp³-hybridized carbons (Fsp3) is 0.571. The molecule has 94 valence electrons. The van der Waals surface area contributed by atoms with Crippen LogP contribution in [0.5, 0.6) is 0 Å². The second kappa shape index (κ2) is 4.77. The zero-order valence-electron chi connectivity index (χ0n) is 10.8. The van der Waals surface area contributed by atoms with E-state index in [1.165, 1.54) is 0 Å². The van der Waals surface area contributed by atoms with Crippen LogP contribution in [0, 0.1) is 0 Å². The molecule has 1 aromatic carbocycles. The molecule has 0 spiro atoms. The fourth-order valence-electron chi connectivity index (χ4n) is 2.22. The van der Waals surface area contributed by atoms with Gasteiger partial charge in [0.1, 0.15) is 6.23 Å². The van der Waals surface area contributed by atoms with Gasteiger partial charge in [0.05, 0.1) is 12.7 Å². The molecular weight excluding hydrogens is 214 g/mol. The molecule has 1 saturated heterocycles. The van der Waals surface area contributed by atoms with Crippen LogP contribution in [0.3, 0.4) is 0 Å². The lowest BCUT2D eigenvalue weighted by Gasteiger charge is -2.35. The summed E-state index contributed by atoms with van der Waals surface area (Å²) >= 11 is 0. The first-order valence-electron chi connectivity index (χ1n) is 6.10. The van der Waals surface area contributed by atoms with Crippen molar-refractivity contribution in [3.8, 4) is 0 Å². The van der Waals surface area contributed by atoms with Crippen LogP contribution in [0.1, 0.15) is 32.6 Å². The zero-order chi connectivity index (χ0) is 12.5. The van der Waals surface area contributed by atoms with Gasteiger partial charge in [-0.25, -0.2) is 0 Å². The van der Waals surface area contributed by atoms with E-state index < -0.39 is 0 Å². The van der Waals surface area contributed by atoms with Crippen molar-refractivity contribution in [2.75, 3.05) is 13.2 Å². The third-order valence-electron chi connectivity index (χ3n) is 3.15. The SMILES string of the molecule is CC(C)(C)N1CC(CO)O[C@@H]1c1ccccc1. The van der Waals surface area contributed by atoms with E-state index in [1.807, 2.05) is 18.2 Å². The van der Waals surface area contributed by atoms with Gasteiger partial charge in [0.15, 0.2) is 0 Å². The summed E-state index contributed by atoms with van der Waals surface area (Å²) in [5.41, 5.74) is 1.18. The molecule has 1 N–H and O–H groups in total. The minimum absolute atomic E-state index is 0.0322. The van der Waals surface area contributed by atoms with Crippen molar-refractivity contribution in [2.45, 2.75) is 38.6 Å². The van der Waals surface area contributed by atoms with Crippen molar-refractivity contribution in [1.82, 2.24) is 4.90 Å². The van der Waals surface area contributed by atoms with Gasteiger partial charge in [-0.3, -0.25) is 4.90 Å². The Labute approximate surface area is 103 Å². The standard InChI is InChI=1S/C14H21NO2/c1-14(2,3)15-9-12(10-16)17-13(15)11-7-5-4-6-8-11/h4-8,12-13,16H,9-10H2,1-3H3/t12?,13-/m1/s1. The predicted octanol–water partition coefficient (Wildman–Crippen LogP) is 2.18. The molecule has 1 fully saturated rings. The fourth-order valence-corrected chi connectivity index (χ4v) is 2.22. The molecule has 3 heteroatoms. The molecule has 2 rings (SSSR count). The number of hydrogen-bond donors (Lipinski definition) is 1. The average Bonchev–Trinajstić information content (AvgIpc) is 2.74. The molecular formula is C14H21NO2. The largest absolute Gasteiger partial charge is 0.394 e. The summed E-state index contributed by atoms with van der Waals surface area (Å²) < 4.78 is 5.91. The molecule has 3 nitrogen and oxygen atoms in total. The van der Waals surface area contributed by atoms with Crippen LogP contribution in [0.25, 0.3) is 0 Å². The molecule has 1 heterocycles. The van der Waals surface area contributed by atoms with Gasteiger partial charge >= 0.3 is 0 Å². The summed E-state index contributed by atoms with van der Waals surface area (Å²) in [7, 11) is 0. The number of benzene rings is 1. The van der Waals surface area contributed by atoms with Crippen LogP contribution in [0.15, 0.2) is 30.3 Å². The van der Waals surface area contributed by atoms with Crippen molar-refractivity contribution < 1.29 is 9.84 Å². The Balaban J connectivity index is 2.25. The number of nitrogens with zero attached hydrogens (tertiary/aromatic N) is 1. The van der Waals surface area contributed by atoms with E-state index in [-0.39, 0.29) is 24.5 Å². The zero-order valence-corrected chi connectivity index (χ0v) is 10.8. The molecule has 0 bridgehead atoms. The van der Waals surface area contributed by atoms with Crippen LogP contribution in [0.4, 0.5) is 0 Å². The van der Waals surface area contributed by atoms with Crippen molar-refractivity contribution in [2.24, 2.45) is 0 Å². The van der Waals surface area contributed by atoms with Crippen LogP contribution >= 0.6 is 0 Å². The van der Waals surface area contributed by atoms with Crippen molar-refractivity contribution in [1.29, 1.82) is 0 Å². The Morgan fingerprint density at radius 3 is 2.47 bits per heavy atom. The average molecular weight is 235 g/mol. The Morgan fingerprint density at radius 2 is 1.94 bits per heavy atom. The number of ether oxygens (including phenoxy) is 1. The van der Waals surface area contributed by atoms with E-state index in [0.717, 1.165) is 12.1 Å². The van der Waals surface area contributed by atoms with Gasteiger partial charge in [-0.2, -0.15) is 0 Å². The molecule has 17 heavy (non-hydrogen) atoms. The maximum Gasteiger partial charge on any atom is 0.137 e. The summed E-state index contributed by atoms with van der Waals surface area (Å²) in [6.07, 6.45) is -0.132. The number of aliphatic hydroxyl groups excluding tert-OH is 1. The third kappa shape index (κ3) is 2.68. The number of aliphatic hydroxyl groups is 1. The molecule has 1 aliphatic rings. The lowest BCUT2D eigenvalue weighted by molar-refractivity contribution is -0.0422. The van der Waals surface area contributed by atoms with Gasteiger partial charge in [-0.1, -0.05) is 30.3 Å². The molecule has 0 radical (unpaired) electrons. The van der Waals surface area contributed by atoms with Gasteiger partial charge in [0.2, 0.25) is 0 Å². The summed E-state index contributed by atoms with van der Waals surface area (Å²) in [4.78, 5) is 2.29. The van der Waals surface area contributed by atoms with Crippen LogP contribution in [-0.4, -0.2) is 34.8 Å². The second-order valence-corrected chi connectivity index (χ2v) is 5.53. The lowest BCUT2D eigenvalue weighted by Crippen LogP contribution is -2.41. The Bertz CT molecular complexity index is 358. The summed E-state index contributed by atoms with van der Waals surface area (Å²) in [6, 6.07) is 10.2. The Kier molecular flexibility index (Phi) is 3.52. The van der Waals surface area contributed by atoms with Gasteiger partial charge < -0.3 is 9.84 Å². The van der Waals surface area contributed by atoms with Crippen LogP contribution in [-0.2, 0) is 4.74 Å². The summed E-state index contributed by atoms with van der Waals surface area (Å²) in [5, 5.41) is 9.26. The molecule has 0 aromatic heterocycles. The lowest BCUT2D eigenvalue weighted by atomic mass is 10.0. The van der Waals surface area contributed by atoms with Crippen molar-refractivity contribution in [3.05, 3.63) is 35.9 Å². The van der Waals surface area contributed by atoms with E-state index in [4.69, 9.17) is 4.74 Å². The molecule has 0 amide bonds. The van der Waals surface area contributed by atoms with E-state index in [1.54, 1.807) is 0 Å². The molecule has 1 aromatic rings. The maximum absolute atomic E-state index is 9.26. The molecule has 2 atom stereocenters. The van der Waals surface area contributed by atoms with Crippen LogP contribution < -0.4 is 0 Å². The molecule has 0 aliphatic carbocycles. The maximum atomic E-state index is 9.26. The second-order valence-electron chi connectivity index (χ2n) is 5.53. The first-order chi connectivity index (χ1) is 8.02. The topological polar surface area (TPSA) is 32.7 Å². The minimum atomic E-state index is -0.0839. The third-order valence-corrected chi connectivity index (χ3v) is 3.15. The van der Waals surface area contributed by atoms with E-state index >= 15 is 0 Å². The van der Waals surface area contributed by atoms with Crippen LogP contribution in [0.2, 0.25) is 0 Å². The highest BCUT2D eigenvalue weighted by molar-refractivity contribution is 5.18. The van der Waals surface area contributed by atoms with Crippen molar-refractivity contribution >= 4 is 0 Å². The van der Waals surface area contributed by atoms with Crippen molar-refractivity contribution in [3.63, 3.8) is 0 Å². The molecule has 1 unspecified atom stereocenters. The van der Waals surface area contributed by atoms with Gasteiger partial charge in [-0.05, 0) is 26.3 Å². The molecule has 0 saturated carbocycles. The first-order valence-corrected chi connectivity index (χ1v) is 6.10. The monoisotopic (exact) mass is 235 g/mol. The first kappa shape index (κ1) is 12.6. The van der Waals surface area contributed by atoms with E-state index in [2.05, 4.69) is 37.8 Å². The van der Waals surface area contributed by atoms with Gasteiger partial charge in [-0.15, -0.1) is 0 Å². The van der Waals surface area contributed by atoms with Gasteiger partial charge in [0, 0.05) is 12.1 Å². The Hall–Kier alpha value is -0.900. The summed E-state index contributed by atoms with van der Waals surface area (Å²) in [6.45, 7) is 7.37. The highest BCUT2D eigenvalue weighted by Gasteiger charge is 2.39. The summed E-state index contributed by atoms with van der Waals surface area (Å²) in [5.74, 6) is 0. The van der Waals surface area contributed by atoms with E-state index in [0.29, 0.717) is 0 Å². The number of hydrogen-bond acceptors (Lipinski definition) is 3. The normalized spacial score (nSPS) is 26.4.